The molecule has 0 aliphatic heterocycles. The predicted octanol–water partition coefficient (Wildman–Crippen LogP) is 3.66. The summed E-state index contributed by atoms with van der Waals surface area (Å²) < 4.78 is 25.8. The second kappa shape index (κ2) is 9.95. The van der Waals surface area contributed by atoms with E-state index in [0.717, 1.165) is 17.0 Å². The molecule has 2 rings (SSSR count). The quantitative estimate of drug-likeness (QED) is 0.640. The molecular formula is C21H26ClN3O4S. The maximum Gasteiger partial charge on any atom is 0.253 e. The number of sulfonamides is 1. The molecular weight excluding hydrogens is 426 g/mol. The molecule has 0 aliphatic rings. The van der Waals surface area contributed by atoms with Gasteiger partial charge in [0, 0.05) is 11.1 Å². The predicted molar refractivity (Wildman–Crippen MR) is 121 cm³/mol. The second-order valence-electron chi connectivity index (χ2n) is 7.03. The minimum absolute atomic E-state index is 0.0224. The standard InChI is InChI=1S/C21H26ClN3O4S/c1-5-14(2)23-21(27)18-8-6-7-9-19(18)24-20(26)15(3)25(30(4,28)29)17-12-10-16(22)11-13-17/h6-15H,5H2,1-4H3,(H,23,27)(H,24,26)/t14-,15-/m0/s1. The number of rotatable bonds is 8. The van der Waals surface area contributed by atoms with Crippen molar-refractivity contribution >= 4 is 44.8 Å². The van der Waals surface area contributed by atoms with Gasteiger partial charge in [-0.1, -0.05) is 30.7 Å². The minimum atomic E-state index is -3.76. The fourth-order valence-corrected chi connectivity index (χ4v) is 4.13. The number of carbonyl (C=O) groups excluding carboxylic acids is 2. The number of anilines is 2. The molecule has 9 heteroatoms. The maximum atomic E-state index is 12.9. The molecule has 0 spiro atoms. The summed E-state index contributed by atoms with van der Waals surface area (Å²) in [6.07, 6.45) is 1.79. The average molecular weight is 452 g/mol. The maximum absolute atomic E-state index is 12.9. The Balaban J connectivity index is 2.30. The Bertz CT molecular complexity index is 1010. The first-order valence-electron chi connectivity index (χ1n) is 9.50. The smallest absolute Gasteiger partial charge is 0.253 e. The molecule has 0 aromatic heterocycles. The largest absolute Gasteiger partial charge is 0.350 e. The van der Waals surface area contributed by atoms with Crippen molar-refractivity contribution in [2.45, 2.75) is 39.3 Å². The van der Waals surface area contributed by atoms with E-state index in [4.69, 9.17) is 11.6 Å². The van der Waals surface area contributed by atoms with Gasteiger partial charge in [0.15, 0.2) is 0 Å². The number of hydrogen-bond donors (Lipinski definition) is 2. The molecule has 2 N–H and O–H groups in total. The van der Waals surface area contributed by atoms with E-state index in [1.165, 1.54) is 19.1 Å². The molecule has 2 aromatic carbocycles. The van der Waals surface area contributed by atoms with E-state index in [2.05, 4.69) is 10.6 Å². The van der Waals surface area contributed by atoms with Gasteiger partial charge in [0.2, 0.25) is 15.9 Å². The molecule has 7 nitrogen and oxygen atoms in total. The van der Waals surface area contributed by atoms with E-state index < -0.39 is 22.0 Å². The molecule has 162 valence electrons. The van der Waals surface area contributed by atoms with Gasteiger partial charge in [-0.05, 0) is 56.7 Å². The number of carbonyl (C=O) groups is 2. The molecule has 2 amide bonds. The van der Waals surface area contributed by atoms with Crippen LogP contribution < -0.4 is 14.9 Å². The van der Waals surface area contributed by atoms with Crippen molar-refractivity contribution in [1.82, 2.24) is 5.32 Å². The molecule has 30 heavy (non-hydrogen) atoms. The number of nitrogens with zero attached hydrogens (tertiary/aromatic N) is 1. The Labute approximate surface area is 182 Å². The van der Waals surface area contributed by atoms with E-state index in [1.54, 1.807) is 36.4 Å². The first-order valence-corrected chi connectivity index (χ1v) is 11.7. The molecule has 0 saturated heterocycles. The number of hydrogen-bond acceptors (Lipinski definition) is 4. The van der Waals surface area contributed by atoms with Gasteiger partial charge in [0.25, 0.3) is 5.91 Å². The molecule has 0 aliphatic carbocycles. The lowest BCUT2D eigenvalue weighted by atomic mass is 10.1. The third-order valence-electron chi connectivity index (χ3n) is 4.59. The van der Waals surface area contributed by atoms with Crippen LogP contribution in [-0.2, 0) is 14.8 Å². The SMILES string of the molecule is CC[C@H](C)NC(=O)c1ccccc1NC(=O)[C@H](C)N(c1ccc(Cl)cc1)S(C)(=O)=O. The van der Waals surface area contributed by atoms with E-state index >= 15 is 0 Å². The van der Waals surface area contributed by atoms with Gasteiger partial charge >= 0.3 is 0 Å². The van der Waals surface area contributed by atoms with E-state index in [-0.39, 0.29) is 11.9 Å². The molecule has 0 bridgehead atoms. The van der Waals surface area contributed by atoms with Crippen LogP contribution in [0.15, 0.2) is 48.5 Å². The zero-order valence-corrected chi connectivity index (χ0v) is 18.9. The molecule has 0 heterocycles. The lowest BCUT2D eigenvalue weighted by Gasteiger charge is -2.28. The Morgan fingerprint density at radius 1 is 1.07 bits per heavy atom. The van der Waals surface area contributed by atoms with Crippen LogP contribution in [0.3, 0.4) is 0 Å². The van der Waals surface area contributed by atoms with E-state index in [9.17, 15) is 18.0 Å². The van der Waals surface area contributed by atoms with Gasteiger partial charge in [-0.3, -0.25) is 13.9 Å². The minimum Gasteiger partial charge on any atom is -0.350 e. The highest BCUT2D eigenvalue weighted by atomic mass is 35.5. The third kappa shape index (κ3) is 5.96. The van der Waals surface area contributed by atoms with Crippen LogP contribution in [0.5, 0.6) is 0 Å². The van der Waals surface area contributed by atoms with Gasteiger partial charge < -0.3 is 10.6 Å². The van der Waals surface area contributed by atoms with Crippen molar-refractivity contribution in [3.63, 3.8) is 0 Å². The molecule has 0 unspecified atom stereocenters. The Morgan fingerprint density at radius 3 is 2.23 bits per heavy atom. The Hall–Kier alpha value is -2.58. The monoisotopic (exact) mass is 451 g/mol. The fourth-order valence-electron chi connectivity index (χ4n) is 2.83. The highest BCUT2D eigenvalue weighted by molar-refractivity contribution is 7.92. The topological polar surface area (TPSA) is 95.6 Å². The number of amides is 2. The summed E-state index contributed by atoms with van der Waals surface area (Å²) in [5, 5.41) is 5.99. The third-order valence-corrected chi connectivity index (χ3v) is 6.08. The summed E-state index contributed by atoms with van der Waals surface area (Å²) in [4.78, 5) is 25.5. The summed E-state index contributed by atoms with van der Waals surface area (Å²) in [7, 11) is -3.76. The van der Waals surface area contributed by atoms with E-state index in [1.807, 2.05) is 13.8 Å². The molecule has 0 saturated carbocycles. The van der Waals surface area contributed by atoms with Crippen molar-refractivity contribution in [3.05, 3.63) is 59.1 Å². The highest BCUT2D eigenvalue weighted by Gasteiger charge is 2.29. The van der Waals surface area contributed by atoms with Crippen LogP contribution in [0.1, 0.15) is 37.6 Å². The van der Waals surface area contributed by atoms with E-state index in [0.29, 0.717) is 22.0 Å². The lowest BCUT2D eigenvalue weighted by molar-refractivity contribution is -0.116. The van der Waals surface area contributed by atoms with Crippen LogP contribution >= 0.6 is 11.6 Å². The average Bonchev–Trinajstić information content (AvgIpc) is 2.68. The summed E-state index contributed by atoms with van der Waals surface area (Å²) in [5.74, 6) is -0.885. The fraction of sp³-hybridized carbons (Fsp3) is 0.333. The van der Waals surface area contributed by atoms with Gasteiger partial charge in [0.05, 0.1) is 23.2 Å². The van der Waals surface area contributed by atoms with Gasteiger partial charge in [-0.2, -0.15) is 0 Å². The highest BCUT2D eigenvalue weighted by Crippen LogP contribution is 2.24. The number of para-hydroxylation sites is 1. The summed E-state index contributed by atoms with van der Waals surface area (Å²) in [5.41, 5.74) is 0.919. The molecule has 2 atom stereocenters. The second-order valence-corrected chi connectivity index (χ2v) is 9.32. The first-order chi connectivity index (χ1) is 14.0. The van der Waals surface area contributed by atoms with Crippen LogP contribution in [0.4, 0.5) is 11.4 Å². The normalized spacial score (nSPS) is 13.2. The van der Waals surface area contributed by atoms with Gasteiger partial charge in [-0.25, -0.2) is 8.42 Å². The first kappa shape index (κ1) is 23.7. The van der Waals surface area contributed by atoms with Crippen LogP contribution in [0.2, 0.25) is 5.02 Å². The molecule has 2 aromatic rings. The lowest BCUT2D eigenvalue weighted by Crippen LogP contribution is -2.45. The number of nitrogens with one attached hydrogen (secondary N) is 2. The van der Waals surface area contributed by atoms with Crippen LogP contribution in [-0.4, -0.2) is 38.6 Å². The zero-order valence-electron chi connectivity index (χ0n) is 17.3. The number of benzene rings is 2. The summed E-state index contributed by atoms with van der Waals surface area (Å²) >= 11 is 5.89. The van der Waals surface area contributed by atoms with Gasteiger partial charge in [-0.15, -0.1) is 0 Å². The van der Waals surface area contributed by atoms with Crippen molar-refractivity contribution in [3.8, 4) is 0 Å². The Morgan fingerprint density at radius 2 is 1.67 bits per heavy atom. The van der Waals surface area contributed by atoms with Crippen molar-refractivity contribution in [1.29, 1.82) is 0 Å². The molecule has 0 fully saturated rings. The summed E-state index contributed by atoms with van der Waals surface area (Å²) in [6, 6.07) is 11.7. The van der Waals surface area contributed by atoms with Gasteiger partial charge in [0.1, 0.15) is 6.04 Å². The van der Waals surface area contributed by atoms with Crippen molar-refractivity contribution in [2.24, 2.45) is 0 Å². The van der Waals surface area contributed by atoms with Crippen molar-refractivity contribution < 1.29 is 18.0 Å². The Kier molecular flexibility index (Phi) is 7.86. The zero-order chi connectivity index (χ0) is 22.5. The van der Waals surface area contributed by atoms with Crippen LogP contribution in [0.25, 0.3) is 0 Å². The van der Waals surface area contributed by atoms with Crippen LogP contribution in [0, 0.1) is 0 Å². The molecule has 0 radical (unpaired) electrons. The van der Waals surface area contributed by atoms with Crippen molar-refractivity contribution in [2.75, 3.05) is 15.9 Å². The summed E-state index contributed by atoms with van der Waals surface area (Å²) in [6.45, 7) is 5.32. The number of halogens is 1.